The van der Waals surface area contributed by atoms with Crippen molar-refractivity contribution in [3.63, 3.8) is 0 Å². The monoisotopic (exact) mass is 248 g/mol. The van der Waals surface area contributed by atoms with Gasteiger partial charge in [0, 0.05) is 0 Å². The zero-order valence-electron chi connectivity index (χ0n) is 9.26. The third-order valence-corrected chi connectivity index (χ3v) is 11.4. The first-order chi connectivity index (χ1) is 5.73. The van der Waals surface area contributed by atoms with Gasteiger partial charge in [0.05, 0.1) is 3.76 Å². The van der Waals surface area contributed by atoms with Gasteiger partial charge in [0.2, 0.25) is 0 Å². The Kier molecular flexibility index (Phi) is 3.12. The highest BCUT2D eigenvalue weighted by Gasteiger charge is 2.38. The van der Waals surface area contributed by atoms with E-state index in [1.165, 1.54) is 0 Å². The Hall–Kier alpha value is 0.414. The van der Waals surface area contributed by atoms with E-state index in [0.29, 0.717) is 0 Å². The van der Waals surface area contributed by atoms with Gasteiger partial charge in [0.25, 0.3) is 0 Å². The van der Waals surface area contributed by atoms with Gasteiger partial charge in [0.15, 0.2) is 23.1 Å². The zero-order chi connectivity index (χ0) is 10.3. The third kappa shape index (κ3) is 2.68. The number of hydrogen-bond donors (Lipinski definition) is 0. The molecule has 0 saturated carbocycles. The molecule has 0 saturated heterocycles. The van der Waals surface area contributed by atoms with Crippen LogP contribution in [-0.2, 0) is 0 Å². The molecule has 0 aliphatic carbocycles. The number of rotatable bonds is 2. The average Bonchev–Trinajstić information content (AvgIpc) is 2.27. The average molecular weight is 249 g/mol. The van der Waals surface area contributed by atoms with Crippen molar-refractivity contribution in [1.29, 1.82) is 0 Å². The SMILES string of the molecule is C[Si](C)(C)c1sn[s+]c1[Si](C)(C)C. The first kappa shape index (κ1) is 11.5. The lowest BCUT2D eigenvalue weighted by molar-refractivity contribution is 1.77. The van der Waals surface area contributed by atoms with Crippen molar-refractivity contribution < 1.29 is 0 Å². The summed E-state index contributed by atoms with van der Waals surface area (Å²) in [5.74, 6) is 0. The largest absolute Gasteiger partial charge is 0.198 e. The molecule has 1 heterocycles. The van der Waals surface area contributed by atoms with E-state index in [2.05, 4.69) is 43.0 Å². The van der Waals surface area contributed by atoms with E-state index in [4.69, 9.17) is 0 Å². The fourth-order valence-corrected chi connectivity index (χ4v) is 10.9. The molecule has 1 aromatic rings. The zero-order valence-corrected chi connectivity index (χ0v) is 12.9. The van der Waals surface area contributed by atoms with Crippen LogP contribution in [0, 0.1) is 0 Å². The summed E-state index contributed by atoms with van der Waals surface area (Å²) in [4.78, 5) is 0. The first-order valence-electron chi connectivity index (χ1n) is 4.52. The van der Waals surface area contributed by atoms with Crippen molar-refractivity contribution in [3.8, 4) is 0 Å². The summed E-state index contributed by atoms with van der Waals surface area (Å²) in [6, 6.07) is 0. The summed E-state index contributed by atoms with van der Waals surface area (Å²) in [5.41, 5.74) is 0. The highest BCUT2D eigenvalue weighted by Crippen LogP contribution is 2.11. The van der Waals surface area contributed by atoms with Gasteiger partial charge in [-0.25, -0.2) is 0 Å². The fourth-order valence-electron chi connectivity index (χ4n) is 1.13. The smallest absolute Gasteiger partial charge is 0.0629 e. The minimum atomic E-state index is -1.13. The minimum Gasteiger partial charge on any atom is -0.0629 e. The molecule has 0 spiro atoms. The van der Waals surface area contributed by atoms with E-state index in [1.54, 1.807) is 32.1 Å². The topological polar surface area (TPSA) is 12.9 Å². The van der Waals surface area contributed by atoms with E-state index in [1.807, 2.05) is 0 Å². The van der Waals surface area contributed by atoms with Crippen molar-refractivity contribution in [2.45, 2.75) is 39.3 Å². The van der Waals surface area contributed by atoms with Crippen LogP contribution in [0.25, 0.3) is 0 Å². The predicted molar refractivity (Wildman–Crippen MR) is 70.4 cm³/mol. The third-order valence-electron chi connectivity index (χ3n) is 1.83. The Morgan fingerprint density at radius 3 is 1.85 bits per heavy atom. The quantitative estimate of drug-likeness (QED) is 0.579. The van der Waals surface area contributed by atoms with Gasteiger partial charge >= 0.3 is 0 Å². The Labute approximate surface area is 91.2 Å². The second kappa shape index (κ2) is 3.53. The highest BCUT2D eigenvalue weighted by atomic mass is 32.2. The molecule has 74 valence electrons. The maximum Gasteiger partial charge on any atom is 0.198 e. The molecule has 5 heteroatoms. The van der Waals surface area contributed by atoms with E-state index in [9.17, 15) is 0 Å². The molecule has 0 aliphatic heterocycles. The Balaban J connectivity index is 3.19. The standard InChI is InChI=1S/C8H18NS2Si2/c1-12(2,3)7-8(11-9-10-7)13(4,5)6/h1-6H3/q+1. The van der Waals surface area contributed by atoms with E-state index >= 15 is 0 Å². The maximum absolute atomic E-state index is 4.41. The summed E-state index contributed by atoms with van der Waals surface area (Å²) >= 11 is 3.50. The molecule has 0 amide bonds. The molecule has 0 bridgehead atoms. The lowest BCUT2D eigenvalue weighted by Crippen LogP contribution is -2.52. The second-order valence-corrected chi connectivity index (χ2v) is 17.9. The predicted octanol–water partition coefficient (Wildman–Crippen LogP) is 2.58. The molecule has 0 aliphatic rings. The summed E-state index contributed by atoms with van der Waals surface area (Å²) < 4.78 is 7.68. The van der Waals surface area contributed by atoms with Crippen LogP contribution in [0.15, 0.2) is 0 Å². The van der Waals surface area contributed by atoms with E-state index < -0.39 is 16.1 Å². The van der Waals surface area contributed by atoms with Crippen LogP contribution >= 0.6 is 23.1 Å². The number of aromatic nitrogens is 1. The summed E-state index contributed by atoms with van der Waals surface area (Å²) in [5, 5.41) is 0. The molecule has 13 heavy (non-hydrogen) atoms. The van der Waals surface area contributed by atoms with Crippen molar-refractivity contribution in [1.82, 2.24) is 3.76 Å². The van der Waals surface area contributed by atoms with Crippen LogP contribution in [0.2, 0.25) is 39.3 Å². The Bertz CT molecular complexity index is 267. The molecule has 1 aromatic heterocycles. The molecule has 0 atom stereocenters. The van der Waals surface area contributed by atoms with Gasteiger partial charge in [0.1, 0.15) is 25.1 Å². The molecule has 0 unspecified atom stereocenters. The lowest BCUT2D eigenvalue weighted by atomic mass is 11.1. The molecule has 0 radical (unpaired) electrons. The highest BCUT2D eigenvalue weighted by molar-refractivity contribution is 7.39. The van der Waals surface area contributed by atoms with Crippen LogP contribution in [0.3, 0.4) is 0 Å². The number of hydrogen-bond acceptors (Lipinski definition) is 2. The van der Waals surface area contributed by atoms with E-state index in [0.717, 1.165) is 0 Å². The first-order valence-corrected chi connectivity index (χ1v) is 13.1. The maximum atomic E-state index is 4.41. The molecular formula is C8H18NS2Si2+. The van der Waals surface area contributed by atoms with Crippen LogP contribution in [0.5, 0.6) is 0 Å². The van der Waals surface area contributed by atoms with Gasteiger partial charge in [-0.2, -0.15) is 0 Å². The summed E-state index contributed by atoms with van der Waals surface area (Å²) in [6.45, 7) is 14.5. The second-order valence-electron chi connectivity index (χ2n) is 5.42. The Morgan fingerprint density at radius 1 is 1.00 bits per heavy atom. The van der Waals surface area contributed by atoms with Gasteiger partial charge in [-0.15, -0.1) is 0 Å². The van der Waals surface area contributed by atoms with Crippen molar-refractivity contribution >= 4 is 48.2 Å². The Morgan fingerprint density at radius 2 is 1.54 bits per heavy atom. The summed E-state index contributed by atoms with van der Waals surface area (Å²) in [7, 11) is -2.27. The fraction of sp³-hybridized carbons (Fsp3) is 0.750. The van der Waals surface area contributed by atoms with Crippen molar-refractivity contribution in [2.75, 3.05) is 0 Å². The van der Waals surface area contributed by atoms with Gasteiger partial charge < -0.3 is 0 Å². The van der Waals surface area contributed by atoms with Crippen molar-refractivity contribution in [2.24, 2.45) is 0 Å². The summed E-state index contributed by atoms with van der Waals surface area (Å²) in [6.07, 6.45) is 0. The lowest BCUT2D eigenvalue weighted by Gasteiger charge is -2.15. The molecule has 1 nitrogen and oxygen atoms in total. The molecule has 1 rings (SSSR count). The molecular weight excluding hydrogens is 230 g/mol. The van der Waals surface area contributed by atoms with Crippen LogP contribution < -0.4 is 9.00 Å². The molecule has 0 N–H and O–H groups in total. The van der Waals surface area contributed by atoms with Gasteiger partial charge in [-0.05, 0) is 0 Å². The number of nitrogens with zero attached hydrogens (tertiary/aromatic N) is 1. The van der Waals surface area contributed by atoms with Crippen molar-refractivity contribution in [3.05, 3.63) is 0 Å². The van der Waals surface area contributed by atoms with E-state index in [-0.39, 0.29) is 0 Å². The van der Waals surface area contributed by atoms with Crippen LogP contribution in [-0.4, -0.2) is 19.9 Å². The molecule has 0 aromatic carbocycles. The minimum absolute atomic E-state index is 1.13. The molecule has 0 fully saturated rings. The van der Waals surface area contributed by atoms with Crippen LogP contribution in [0.4, 0.5) is 0 Å². The van der Waals surface area contributed by atoms with Gasteiger partial charge in [-0.3, -0.25) is 0 Å². The van der Waals surface area contributed by atoms with Gasteiger partial charge in [-0.1, -0.05) is 39.3 Å². The van der Waals surface area contributed by atoms with Crippen LogP contribution in [0.1, 0.15) is 0 Å². The normalized spacial score (nSPS) is 13.4.